The molecule has 0 aliphatic carbocycles. The minimum atomic E-state index is 0.591. The summed E-state index contributed by atoms with van der Waals surface area (Å²) < 4.78 is 1.19. The van der Waals surface area contributed by atoms with Gasteiger partial charge in [-0.3, -0.25) is 0 Å². The monoisotopic (exact) mass is 378 g/mol. The molecule has 1 fully saturated rings. The fourth-order valence-corrected chi connectivity index (χ4v) is 3.47. The van der Waals surface area contributed by atoms with Gasteiger partial charge in [-0.15, -0.1) is 0 Å². The molecule has 0 radical (unpaired) electrons. The third-order valence-corrected chi connectivity index (χ3v) is 4.34. The summed E-state index contributed by atoms with van der Waals surface area (Å²) in [5.41, 5.74) is 1.18. The molecular weight excluding hydrogens is 359 g/mol. The molecule has 2 nitrogen and oxygen atoms in total. The molecule has 1 aliphatic rings. The van der Waals surface area contributed by atoms with Crippen LogP contribution in [0.15, 0.2) is 18.2 Å². The lowest BCUT2D eigenvalue weighted by Gasteiger charge is -2.27. The number of hydrogen-bond donors (Lipinski definition) is 1. The third kappa shape index (κ3) is 3.75. The number of anilines is 1. The minimum absolute atomic E-state index is 0.591. The maximum atomic E-state index is 6.37. The van der Waals surface area contributed by atoms with Crippen molar-refractivity contribution in [2.75, 3.05) is 24.5 Å². The van der Waals surface area contributed by atoms with Crippen LogP contribution in [0.25, 0.3) is 0 Å². The van der Waals surface area contributed by atoms with Gasteiger partial charge in [-0.1, -0.05) is 24.9 Å². The van der Waals surface area contributed by atoms with Crippen molar-refractivity contribution in [1.29, 1.82) is 0 Å². The van der Waals surface area contributed by atoms with E-state index in [1.165, 1.54) is 28.5 Å². The summed E-state index contributed by atoms with van der Waals surface area (Å²) in [6, 6.07) is 6.92. The van der Waals surface area contributed by atoms with Gasteiger partial charge in [-0.05, 0) is 60.2 Å². The summed E-state index contributed by atoms with van der Waals surface area (Å²) in [7, 11) is 0. The summed E-state index contributed by atoms with van der Waals surface area (Å²) in [5.74, 6) is 0. The van der Waals surface area contributed by atoms with E-state index < -0.39 is 0 Å². The molecule has 0 saturated carbocycles. The molecule has 0 aromatic heterocycles. The quantitative estimate of drug-likeness (QED) is 0.802. The molecule has 4 heteroatoms. The smallest absolute Gasteiger partial charge is 0.0650 e. The molecule has 1 atom stereocenters. The van der Waals surface area contributed by atoms with Gasteiger partial charge >= 0.3 is 0 Å². The van der Waals surface area contributed by atoms with Crippen LogP contribution in [0.5, 0.6) is 0 Å². The maximum absolute atomic E-state index is 6.37. The number of hydrogen-bond acceptors (Lipinski definition) is 2. The lowest BCUT2D eigenvalue weighted by Crippen LogP contribution is -2.37. The van der Waals surface area contributed by atoms with Gasteiger partial charge in [0.2, 0.25) is 0 Å². The number of nitrogens with zero attached hydrogens (tertiary/aromatic N) is 1. The van der Waals surface area contributed by atoms with E-state index in [0.717, 1.165) is 24.7 Å². The van der Waals surface area contributed by atoms with Crippen LogP contribution in [-0.2, 0) is 0 Å². The number of halogens is 2. The van der Waals surface area contributed by atoms with E-state index >= 15 is 0 Å². The van der Waals surface area contributed by atoms with Crippen molar-refractivity contribution in [3.63, 3.8) is 0 Å². The molecular formula is C14H20ClIN2. The highest BCUT2D eigenvalue weighted by atomic mass is 127. The largest absolute Gasteiger partial charge is 0.369 e. The molecule has 18 heavy (non-hydrogen) atoms. The third-order valence-electron chi connectivity index (χ3n) is 3.37. The van der Waals surface area contributed by atoms with Crippen molar-refractivity contribution in [3.8, 4) is 0 Å². The first-order valence-corrected chi connectivity index (χ1v) is 8.09. The van der Waals surface area contributed by atoms with Crippen LogP contribution in [0, 0.1) is 3.57 Å². The van der Waals surface area contributed by atoms with E-state index in [0.29, 0.717) is 6.04 Å². The topological polar surface area (TPSA) is 15.3 Å². The zero-order valence-electron chi connectivity index (χ0n) is 10.8. The van der Waals surface area contributed by atoms with E-state index in [9.17, 15) is 0 Å². The van der Waals surface area contributed by atoms with E-state index in [1.807, 2.05) is 6.07 Å². The normalized spacial score (nSPS) is 20.8. The SMILES string of the molecule is CCCC1CN(c2ccc(I)cc2Cl)CCCN1. The molecule has 1 unspecified atom stereocenters. The Labute approximate surface area is 128 Å². The fraction of sp³-hybridized carbons (Fsp3) is 0.571. The summed E-state index contributed by atoms with van der Waals surface area (Å²) in [6.07, 6.45) is 3.65. The van der Waals surface area contributed by atoms with Crippen molar-refractivity contribution >= 4 is 39.9 Å². The second-order valence-corrected chi connectivity index (χ2v) is 6.49. The Hall–Kier alpha value is -0.000000000000000132. The Bertz CT molecular complexity index is 397. The van der Waals surface area contributed by atoms with Gasteiger partial charge in [0.15, 0.2) is 0 Å². The average molecular weight is 379 g/mol. The van der Waals surface area contributed by atoms with Crippen LogP contribution in [0.4, 0.5) is 5.69 Å². The Morgan fingerprint density at radius 2 is 2.33 bits per heavy atom. The standard InChI is InChI=1S/C14H20ClIN2/c1-2-4-12-10-18(8-3-7-17-12)14-6-5-11(16)9-13(14)15/h5-6,9,12,17H,2-4,7-8,10H2,1H3. The molecule has 2 rings (SSSR count). The van der Waals surface area contributed by atoms with Crippen molar-refractivity contribution in [2.45, 2.75) is 32.2 Å². The van der Waals surface area contributed by atoms with Crippen LogP contribution in [0.1, 0.15) is 26.2 Å². The maximum Gasteiger partial charge on any atom is 0.0650 e. The van der Waals surface area contributed by atoms with Gasteiger partial charge in [0.05, 0.1) is 10.7 Å². The highest BCUT2D eigenvalue weighted by Gasteiger charge is 2.18. The first-order valence-electron chi connectivity index (χ1n) is 6.64. The zero-order valence-corrected chi connectivity index (χ0v) is 13.7. The molecule has 1 aliphatic heterocycles. The lowest BCUT2D eigenvalue weighted by atomic mass is 10.1. The summed E-state index contributed by atoms with van der Waals surface area (Å²) >= 11 is 8.68. The number of rotatable bonds is 3. The molecule has 0 spiro atoms. The number of benzene rings is 1. The Balaban J connectivity index is 2.14. The van der Waals surface area contributed by atoms with Gasteiger partial charge in [-0.2, -0.15) is 0 Å². The van der Waals surface area contributed by atoms with Crippen LogP contribution in [-0.4, -0.2) is 25.7 Å². The summed E-state index contributed by atoms with van der Waals surface area (Å²) in [5, 5.41) is 4.50. The molecule has 1 saturated heterocycles. The minimum Gasteiger partial charge on any atom is -0.369 e. The Kier molecular flexibility index (Phi) is 5.57. The van der Waals surface area contributed by atoms with E-state index in [2.05, 4.69) is 51.9 Å². The molecule has 0 bridgehead atoms. The van der Waals surface area contributed by atoms with E-state index in [1.54, 1.807) is 0 Å². The van der Waals surface area contributed by atoms with Gasteiger partial charge in [0.25, 0.3) is 0 Å². The van der Waals surface area contributed by atoms with Crippen molar-refractivity contribution in [1.82, 2.24) is 5.32 Å². The molecule has 1 aromatic rings. The predicted octanol–water partition coefficient (Wildman–Crippen LogP) is 3.91. The summed E-state index contributed by atoms with van der Waals surface area (Å²) in [4.78, 5) is 2.43. The van der Waals surface area contributed by atoms with Crippen molar-refractivity contribution in [3.05, 3.63) is 26.8 Å². The average Bonchev–Trinajstić information content (AvgIpc) is 2.55. The van der Waals surface area contributed by atoms with Crippen LogP contribution >= 0.6 is 34.2 Å². The van der Waals surface area contributed by atoms with Crippen LogP contribution in [0.3, 0.4) is 0 Å². The lowest BCUT2D eigenvalue weighted by molar-refractivity contribution is 0.502. The highest BCUT2D eigenvalue weighted by Crippen LogP contribution is 2.28. The fourth-order valence-electron chi connectivity index (χ4n) is 2.50. The van der Waals surface area contributed by atoms with E-state index in [4.69, 9.17) is 11.6 Å². The molecule has 0 amide bonds. The highest BCUT2D eigenvalue weighted by molar-refractivity contribution is 14.1. The van der Waals surface area contributed by atoms with E-state index in [-0.39, 0.29) is 0 Å². The predicted molar refractivity (Wildman–Crippen MR) is 87.7 cm³/mol. The first kappa shape index (κ1) is 14.4. The van der Waals surface area contributed by atoms with Gasteiger partial charge in [0, 0.05) is 22.7 Å². The molecule has 1 N–H and O–H groups in total. The Morgan fingerprint density at radius 3 is 3.06 bits per heavy atom. The first-order chi connectivity index (χ1) is 8.70. The van der Waals surface area contributed by atoms with Gasteiger partial charge < -0.3 is 10.2 Å². The molecule has 1 aromatic carbocycles. The number of nitrogens with one attached hydrogen (secondary N) is 1. The Morgan fingerprint density at radius 1 is 1.50 bits per heavy atom. The van der Waals surface area contributed by atoms with Crippen LogP contribution in [0.2, 0.25) is 5.02 Å². The molecule has 100 valence electrons. The van der Waals surface area contributed by atoms with Gasteiger partial charge in [0.1, 0.15) is 0 Å². The van der Waals surface area contributed by atoms with Crippen LogP contribution < -0.4 is 10.2 Å². The second kappa shape index (κ2) is 6.96. The summed E-state index contributed by atoms with van der Waals surface area (Å²) in [6.45, 7) is 5.51. The van der Waals surface area contributed by atoms with Crippen molar-refractivity contribution in [2.24, 2.45) is 0 Å². The molecule has 1 heterocycles. The van der Waals surface area contributed by atoms with Crippen molar-refractivity contribution < 1.29 is 0 Å². The zero-order chi connectivity index (χ0) is 13.0. The second-order valence-electron chi connectivity index (χ2n) is 4.84. The van der Waals surface area contributed by atoms with Gasteiger partial charge in [-0.25, -0.2) is 0 Å².